The van der Waals surface area contributed by atoms with E-state index in [9.17, 15) is 23.3 Å². The Morgan fingerprint density at radius 3 is 2.28 bits per heavy atom. The molecule has 0 radical (unpaired) electrons. The molecule has 1 fully saturated rings. The van der Waals surface area contributed by atoms with Crippen molar-refractivity contribution in [1.29, 1.82) is 0 Å². The maximum Gasteiger partial charge on any atom is 0.272 e. The molecule has 1 amide bonds. The van der Waals surface area contributed by atoms with E-state index < -0.39 is 36.5 Å². The summed E-state index contributed by atoms with van der Waals surface area (Å²) < 4.78 is 21.5. The highest BCUT2D eigenvalue weighted by molar-refractivity contribution is 7.91. The first-order chi connectivity index (χ1) is 11.5. The van der Waals surface area contributed by atoms with Crippen LogP contribution in [0.1, 0.15) is 5.56 Å². The second kappa shape index (κ2) is 7.63. The predicted octanol–water partition coefficient (Wildman–Crippen LogP) is 1.34. The van der Waals surface area contributed by atoms with Crippen LogP contribution in [0, 0.1) is 10.1 Å². The summed E-state index contributed by atoms with van der Waals surface area (Å²) in [4.78, 5) is 21.9. The van der Waals surface area contributed by atoms with Gasteiger partial charge in [-0.2, -0.15) is 0 Å². The standard InChI is InChI=1S/C13H14Cl3N3O5S/c14-13(15,16)12(20)18-11-7-25(23,24)6-10(11)17-5-8-1-3-9(4-2-8)19(21)22/h1-4,10-11,17H,5-7H2,(H,18,20)/t10-,11-/m1/s1. The number of amides is 1. The van der Waals surface area contributed by atoms with Gasteiger partial charge in [0.05, 0.1) is 22.5 Å². The number of alkyl halides is 3. The van der Waals surface area contributed by atoms with Gasteiger partial charge in [-0.1, -0.05) is 46.9 Å². The fourth-order valence-electron chi connectivity index (χ4n) is 2.43. The molecular formula is C13H14Cl3N3O5S. The highest BCUT2D eigenvalue weighted by Crippen LogP contribution is 2.27. The van der Waals surface area contributed by atoms with Crippen molar-refractivity contribution in [2.45, 2.75) is 22.4 Å². The third kappa shape index (κ3) is 5.68. The Hall–Kier alpha value is -1.13. The number of non-ortho nitro benzene ring substituents is 1. The first-order valence-electron chi connectivity index (χ1n) is 7.03. The number of carbonyl (C=O) groups excluding carboxylic acids is 1. The Balaban J connectivity index is 2.02. The average Bonchev–Trinajstić information content (AvgIpc) is 2.78. The van der Waals surface area contributed by atoms with Gasteiger partial charge in [-0.25, -0.2) is 8.42 Å². The molecule has 0 bridgehead atoms. The molecule has 2 atom stereocenters. The smallest absolute Gasteiger partial charge is 0.272 e. The molecule has 1 saturated heterocycles. The van der Waals surface area contributed by atoms with Crippen molar-refractivity contribution >= 4 is 56.2 Å². The summed E-state index contributed by atoms with van der Waals surface area (Å²) in [5.41, 5.74) is 0.682. The fraction of sp³-hybridized carbons (Fsp3) is 0.462. The Kier molecular flexibility index (Phi) is 6.16. The maximum atomic E-state index is 11.8. The highest BCUT2D eigenvalue weighted by Gasteiger charge is 2.41. The summed E-state index contributed by atoms with van der Waals surface area (Å²) >= 11 is 16.5. The lowest BCUT2D eigenvalue weighted by molar-refractivity contribution is -0.384. The fourth-order valence-corrected chi connectivity index (χ4v) is 4.49. The number of hydrogen-bond acceptors (Lipinski definition) is 6. The van der Waals surface area contributed by atoms with Crippen molar-refractivity contribution in [3.8, 4) is 0 Å². The number of benzene rings is 1. The molecule has 1 aliphatic heterocycles. The van der Waals surface area contributed by atoms with Crippen LogP contribution in [-0.4, -0.2) is 46.6 Å². The number of nitrogens with one attached hydrogen (secondary N) is 2. The predicted molar refractivity (Wildman–Crippen MR) is 94.6 cm³/mol. The van der Waals surface area contributed by atoms with Crippen molar-refractivity contribution in [3.63, 3.8) is 0 Å². The molecule has 12 heteroatoms. The Labute approximate surface area is 158 Å². The molecule has 1 aliphatic rings. The molecular weight excluding hydrogens is 417 g/mol. The summed E-state index contributed by atoms with van der Waals surface area (Å²) in [6, 6.07) is 4.50. The van der Waals surface area contributed by atoms with E-state index in [0.717, 1.165) is 5.56 Å². The molecule has 1 aromatic carbocycles. The van der Waals surface area contributed by atoms with Crippen LogP contribution in [0.2, 0.25) is 0 Å². The van der Waals surface area contributed by atoms with E-state index in [-0.39, 0.29) is 23.7 Å². The van der Waals surface area contributed by atoms with Crippen molar-refractivity contribution in [3.05, 3.63) is 39.9 Å². The Bertz CT molecular complexity index is 764. The monoisotopic (exact) mass is 429 g/mol. The number of carbonyl (C=O) groups is 1. The van der Waals surface area contributed by atoms with E-state index in [2.05, 4.69) is 10.6 Å². The highest BCUT2D eigenvalue weighted by atomic mass is 35.6. The molecule has 8 nitrogen and oxygen atoms in total. The van der Waals surface area contributed by atoms with Crippen LogP contribution in [0.15, 0.2) is 24.3 Å². The Morgan fingerprint density at radius 1 is 1.20 bits per heavy atom. The first kappa shape index (κ1) is 20.2. The van der Waals surface area contributed by atoms with Crippen LogP contribution in [0.25, 0.3) is 0 Å². The van der Waals surface area contributed by atoms with Gasteiger partial charge in [0.2, 0.25) is 0 Å². The third-order valence-electron chi connectivity index (χ3n) is 3.64. The molecule has 2 rings (SSSR count). The zero-order valence-electron chi connectivity index (χ0n) is 12.6. The maximum absolute atomic E-state index is 11.8. The van der Waals surface area contributed by atoms with Gasteiger partial charge in [0, 0.05) is 24.7 Å². The second-order valence-electron chi connectivity index (χ2n) is 5.57. The van der Waals surface area contributed by atoms with Crippen LogP contribution < -0.4 is 10.6 Å². The molecule has 1 aromatic rings. The minimum atomic E-state index is -3.35. The van der Waals surface area contributed by atoms with Crippen LogP contribution in [0.3, 0.4) is 0 Å². The molecule has 0 saturated carbocycles. The molecule has 0 spiro atoms. The van der Waals surface area contributed by atoms with Gasteiger partial charge in [-0.15, -0.1) is 0 Å². The van der Waals surface area contributed by atoms with Gasteiger partial charge >= 0.3 is 0 Å². The van der Waals surface area contributed by atoms with Crippen LogP contribution in [0.4, 0.5) is 5.69 Å². The van der Waals surface area contributed by atoms with E-state index in [1.54, 1.807) is 12.1 Å². The number of nitro benzene ring substituents is 1. The number of nitrogens with zero attached hydrogens (tertiary/aromatic N) is 1. The van der Waals surface area contributed by atoms with E-state index >= 15 is 0 Å². The van der Waals surface area contributed by atoms with Gasteiger partial charge in [-0.3, -0.25) is 14.9 Å². The number of hydrogen-bond donors (Lipinski definition) is 2. The molecule has 2 N–H and O–H groups in total. The lowest BCUT2D eigenvalue weighted by Gasteiger charge is -2.22. The van der Waals surface area contributed by atoms with Crippen molar-refractivity contribution in [2.24, 2.45) is 0 Å². The van der Waals surface area contributed by atoms with E-state index in [4.69, 9.17) is 34.8 Å². The van der Waals surface area contributed by atoms with Crippen LogP contribution >= 0.6 is 34.8 Å². The molecule has 0 aliphatic carbocycles. The summed E-state index contributed by atoms with van der Waals surface area (Å²) in [6.07, 6.45) is 0. The van der Waals surface area contributed by atoms with E-state index in [0.29, 0.717) is 0 Å². The summed E-state index contributed by atoms with van der Waals surface area (Å²) in [6.45, 7) is 0.262. The lowest BCUT2D eigenvalue weighted by atomic mass is 10.1. The minimum absolute atomic E-state index is 0.0417. The lowest BCUT2D eigenvalue weighted by Crippen LogP contribution is -2.51. The number of sulfone groups is 1. The molecule has 25 heavy (non-hydrogen) atoms. The zero-order valence-corrected chi connectivity index (χ0v) is 15.7. The van der Waals surface area contributed by atoms with E-state index in [1.165, 1.54) is 12.1 Å². The van der Waals surface area contributed by atoms with E-state index in [1.807, 2.05) is 0 Å². The summed E-state index contributed by atoms with van der Waals surface area (Å²) in [7, 11) is -3.35. The average molecular weight is 431 g/mol. The number of nitro groups is 1. The van der Waals surface area contributed by atoms with Crippen LogP contribution in [-0.2, 0) is 21.2 Å². The quantitative estimate of drug-likeness (QED) is 0.413. The zero-order chi connectivity index (χ0) is 18.8. The number of halogens is 3. The van der Waals surface area contributed by atoms with Crippen molar-refractivity contribution in [1.82, 2.24) is 10.6 Å². The summed E-state index contributed by atoms with van der Waals surface area (Å²) in [5.74, 6) is -1.34. The van der Waals surface area contributed by atoms with Gasteiger partial charge in [0.15, 0.2) is 9.84 Å². The Morgan fingerprint density at radius 2 is 1.76 bits per heavy atom. The summed E-state index contributed by atoms with van der Waals surface area (Å²) in [5, 5.41) is 16.1. The van der Waals surface area contributed by atoms with Gasteiger partial charge in [0.1, 0.15) is 0 Å². The number of rotatable bonds is 5. The van der Waals surface area contributed by atoms with Gasteiger partial charge in [-0.05, 0) is 5.56 Å². The molecule has 1 heterocycles. The minimum Gasteiger partial charge on any atom is -0.347 e. The molecule has 0 unspecified atom stereocenters. The van der Waals surface area contributed by atoms with Crippen molar-refractivity contribution in [2.75, 3.05) is 11.5 Å². The van der Waals surface area contributed by atoms with Gasteiger partial charge in [0.25, 0.3) is 15.4 Å². The van der Waals surface area contributed by atoms with Crippen molar-refractivity contribution < 1.29 is 18.1 Å². The SMILES string of the molecule is O=C(N[C@@H]1CS(=O)(=O)C[C@H]1NCc1ccc([N+](=O)[O-])cc1)C(Cl)(Cl)Cl. The molecule has 0 aromatic heterocycles. The molecule has 138 valence electrons. The second-order valence-corrected chi connectivity index (χ2v) is 10.0. The third-order valence-corrected chi connectivity index (χ3v) is 5.89. The topological polar surface area (TPSA) is 118 Å². The largest absolute Gasteiger partial charge is 0.347 e. The van der Waals surface area contributed by atoms with Gasteiger partial charge < -0.3 is 10.6 Å². The first-order valence-corrected chi connectivity index (χ1v) is 9.98. The normalized spacial score (nSPS) is 22.5. The van der Waals surface area contributed by atoms with Crippen LogP contribution in [0.5, 0.6) is 0 Å².